The molecular weight excluding hydrogens is 535 g/mol. The molecule has 0 aliphatic carbocycles. The van der Waals surface area contributed by atoms with Gasteiger partial charge in [0.25, 0.3) is 5.91 Å². The van der Waals surface area contributed by atoms with Gasteiger partial charge in [0.2, 0.25) is 5.91 Å². The highest BCUT2D eigenvalue weighted by atomic mass is 79.9. The monoisotopic (exact) mass is 550 g/mol. The first-order chi connectivity index (χ1) is 15.4. The fourth-order valence-corrected chi connectivity index (χ4v) is 5.14. The average Bonchev–Trinajstić information content (AvgIpc) is 3.16. The lowest BCUT2D eigenvalue weighted by atomic mass is 10.1. The van der Waals surface area contributed by atoms with Crippen LogP contribution in [-0.2, 0) is 9.59 Å². The number of nitrogens with zero attached hydrogens (tertiary/aromatic N) is 1. The van der Waals surface area contributed by atoms with Gasteiger partial charge < -0.3 is 10.1 Å². The van der Waals surface area contributed by atoms with Gasteiger partial charge >= 0.3 is 0 Å². The summed E-state index contributed by atoms with van der Waals surface area (Å²) in [5.41, 5.74) is 2.38. The molecule has 0 spiro atoms. The van der Waals surface area contributed by atoms with Gasteiger partial charge in [-0.1, -0.05) is 29.3 Å². The summed E-state index contributed by atoms with van der Waals surface area (Å²) in [6.45, 7) is -0.145. The third-order valence-corrected chi connectivity index (χ3v) is 7.04. The standard InChI is InChI=1S/C23H17BrCl2N2O3S/c24-19-11-14(23-28(22(30)13-32-23)18-8-4-16(26)5-9-18)1-10-20(19)31-12-21(29)27-17-6-2-15(25)3-7-17/h1-11,23H,12-13H2,(H,27,29)/t23-/m1/s1. The summed E-state index contributed by atoms with van der Waals surface area (Å²) in [6, 6.07) is 19.7. The maximum Gasteiger partial charge on any atom is 0.262 e. The molecule has 1 N–H and O–H groups in total. The summed E-state index contributed by atoms with van der Waals surface area (Å²) in [6.07, 6.45) is 0. The predicted molar refractivity (Wildman–Crippen MR) is 134 cm³/mol. The van der Waals surface area contributed by atoms with E-state index in [4.69, 9.17) is 27.9 Å². The van der Waals surface area contributed by atoms with E-state index in [0.717, 1.165) is 11.3 Å². The average molecular weight is 552 g/mol. The second-order valence-electron chi connectivity index (χ2n) is 6.94. The number of rotatable bonds is 6. The minimum atomic E-state index is -0.283. The molecule has 4 rings (SSSR count). The van der Waals surface area contributed by atoms with Crippen molar-refractivity contribution in [2.75, 3.05) is 22.6 Å². The molecule has 164 valence electrons. The number of ether oxygens (including phenoxy) is 1. The van der Waals surface area contributed by atoms with Gasteiger partial charge in [0.05, 0.1) is 10.2 Å². The van der Waals surface area contributed by atoms with E-state index in [1.807, 2.05) is 24.3 Å². The maximum absolute atomic E-state index is 12.5. The number of carbonyl (C=O) groups excluding carboxylic acids is 2. The number of nitrogens with one attached hydrogen (secondary N) is 1. The lowest BCUT2D eigenvalue weighted by Gasteiger charge is -2.25. The van der Waals surface area contributed by atoms with Crippen molar-refractivity contribution in [3.05, 3.63) is 86.8 Å². The van der Waals surface area contributed by atoms with E-state index >= 15 is 0 Å². The van der Waals surface area contributed by atoms with Gasteiger partial charge in [-0.3, -0.25) is 14.5 Å². The van der Waals surface area contributed by atoms with Gasteiger partial charge in [-0.15, -0.1) is 11.8 Å². The fourth-order valence-electron chi connectivity index (χ4n) is 3.21. The van der Waals surface area contributed by atoms with Gasteiger partial charge in [0, 0.05) is 21.4 Å². The highest BCUT2D eigenvalue weighted by Crippen LogP contribution is 2.43. The molecule has 5 nitrogen and oxygen atoms in total. The molecular formula is C23H17BrCl2N2O3S. The molecule has 1 atom stereocenters. The highest BCUT2D eigenvalue weighted by molar-refractivity contribution is 9.10. The normalized spacial score (nSPS) is 15.7. The number of halogens is 3. The number of hydrogen-bond donors (Lipinski definition) is 1. The van der Waals surface area contributed by atoms with Gasteiger partial charge in [-0.2, -0.15) is 0 Å². The number of amides is 2. The van der Waals surface area contributed by atoms with Crippen molar-refractivity contribution >= 4 is 74.1 Å². The molecule has 1 heterocycles. The molecule has 0 radical (unpaired) electrons. The Morgan fingerprint density at radius 1 is 1.06 bits per heavy atom. The topological polar surface area (TPSA) is 58.6 Å². The molecule has 0 unspecified atom stereocenters. The lowest BCUT2D eigenvalue weighted by Crippen LogP contribution is -2.27. The van der Waals surface area contributed by atoms with E-state index in [-0.39, 0.29) is 23.8 Å². The number of carbonyl (C=O) groups is 2. The summed E-state index contributed by atoms with van der Waals surface area (Å²) in [5, 5.41) is 3.81. The molecule has 32 heavy (non-hydrogen) atoms. The zero-order valence-corrected chi connectivity index (χ0v) is 20.5. The molecule has 1 saturated heterocycles. The lowest BCUT2D eigenvalue weighted by molar-refractivity contribution is -0.118. The van der Waals surface area contributed by atoms with Crippen LogP contribution < -0.4 is 15.0 Å². The van der Waals surface area contributed by atoms with Crippen LogP contribution in [0, 0.1) is 0 Å². The van der Waals surface area contributed by atoms with Crippen molar-refractivity contribution < 1.29 is 14.3 Å². The molecule has 0 aromatic heterocycles. The summed E-state index contributed by atoms with van der Waals surface area (Å²) < 4.78 is 6.37. The van der Waals surface area contributed by atoms with E-state index in [9.17, 15) is 9.59 Å². The Kier molecular flexibility index (Phi) is 7.30. The maximum atomic E-state index is 12.5. The van der Waals surface area contributed by atoms with Gasteiger partial charge in [-0.25, -0.2) is 0 Å². The van der Waals surface area contributed by atoms with Crippen LogP contribution in [0.3, 0.4) is 0 Å². The smallest absolute Gasteiger partial charge is 0.262 e. The fraction of sp³-hybridized carbons (Fsp3) is 0.130. The van der Waals surface area contributed by atoms with E-state index in [0.29, 0.717) is 31.7 Å². The number of thioether (sulfide) groups is 1. The number of anilines is 2. The second kappa shape index (κ2) is 10.2. The molecule has 1 fully saturated rings. The Hall–Kier alpha value is -2.19. The van der Waals surface area contributed by atoms with Crippen LogP contribution in [0.5, 0.6) is 5.75 Å². The SMILES string of the molecule is O=C(COc1ccc([C@H]2SCC(=O)N2c2ccc(Cl)cc2)cc1Br)Nc1ccc(Cl)cc1. The van der Waals surface area contributed by atoms with E-state index in [1.54, 1.807) is 59.1 Å². The molecule has 0 saturated carbocycles. The Morgan fingerprint density at radius 2 is 1.72 bits per heavy atom. The first kappa shape index (κ1) is 23.0. The molecule has 2 amide bonds. The molecule has 1 aliphatic rings. The van der Waals surface area contributed by atoms with Crippen molar-refractivity contribution in [2.24, 2.45) is 0 Å². The van der Waals surface area contributed by atoms with Crippen LogP contribution in [0.1, 0.15) is 10.9 Å². The van der Waals surface area contributed by atoms with Crippen LogP contribution in [-0.4, -0.2) is 24.2 Å². The number of benzene rings is 3. The van der Waals surface area contributed by atoms with E-state index < -0.39 is 0 Å². The Balaban J connectivity index is 1.43. The van der Waals surface area contributed by atoms with E-state index in [1.165, 1.54) is 0 Å². The van der Waals surface area contributed by atoms with Crippen LogP contribution in [0.2, 0.25) is 10.0 Å². The quantitative estimate of drug-likeness (QED) is 0.377. The van der Waals surface area contributed by atoms with Gasteiger partial charge in [0.1, 0.15) is 11.1 Å². The summed E-state index contributed by atoms with van der Waals surface area (Å²) >= 11 is 16.9. The minimum Gasteiger partial charge on any atom is -0.483 e. The first-order valence-electron chi connectivity index (χ1n) is 9.57. The van der Waals surface area contributed by atoms with Crippen LogP contribution >= 0.6 is 50.9 Å². The largest absolute Gasteiger partial charge is 0.483 e. The Bertz CT molecular complexity index is 1140. The molecule has 9 heteroatoms. The highest BCUT2D eigenvalue weighted by Gasteiger charge is 2.34. The molecule has 3 aromatic rings. The predicted octanol–water partition coefficient (Wildman–Crippen LogP) is 6.55. The van der Waals surface area contributed by atoms with Crippen LogP contribution in [0.15, 0.2) is 71.2 Å². The van der Waals surface area contributed by atoms with Crippen molar-refractivity contribution in [1.29, 1.82) is 0 Å². The third-order valence-electron chi connectivity index (χ3n) is 4.70. The summed E-state index contributed by atoms with van der Waals surface area (Å²) in [7, 11) is 0. The summed E-state index contributed by atoms with van der Waals surface area (Å²) in [4.78, 5) is 26.5. The van der Waals surface area contributed by atoms with Gasteiger partial charge in [-0.05, 0) is 82.2 Å². The van der Waals surface area contributed by atoms with Crippen molar-refractivity contribution in [3.63, 3.8) is 0 Å². The Morgan fingerprint density at radius 3 is 2.38 bits per heavy atom. The Labute approximate surface area is 208 Å². The molecule has 0 bridgehead atoms. The van der Waals surface area contributed by atoms with Crippen molar-refractivity contribution in [3.8, 4) is 5.75 Å². The molecule has 3 aromatic carbocycles. The zero-order valence-electron chi connectivity index (χ0n) is 16.6. The number of hydrogen-bond acceptors (Lipinski definition) is 4. The van der Waals surface area contributed by atoms with Crippen molar-refractivity contribution in [1.82, 2.24) is 0 Å². The van der Waals surface area contributed by atoms with Gasteiger partial charge in [0.15, 0.2) is 6.61 Å². The second-order valence-corrected chi connectivity index (χ2v) is 9.73. The minimum absolute atomic E-state index is 0.0395. The third kappa shape index (κ3) is 5.41. The zero-order chi connectivity index (χ0) is 22.7. The summed E-state index contributed by atoms with van der Waals surface area (Å²) in [5.74, 6) is 0.688. The molecule has 1 aliphatic heterocycles. The first-order valence-corrected chi connectivity index (χ1v) is 12.2. The van der Waals surface area contributed by atoms with E-state index in [2.05, 4.69) is 21.2 Å². The van der Waals surface area contributed by atoms with Crippen LogP contribution in [0.25, 0.3) is 0 Å². The van der Waals surface area contributed by atoms with Crippen LogP contribution in [0.4, 0.5) is 11.4 Å². The van der Waals surface area contributed by atoms with Crippen molar-refractivity contribution in [2.45, 2.75) is 5.37 Å².